The first-order valence-corrected chi connectivity index (χ1v) is 11.8. The molecule has 0 spiro atoms. The van der Waals surface area contributed by atoms with Crippen LogP contribution in [0.15, 0.2) is 75.6 Å². The van der Waals surface area contributed by atoms with E-state index in [4.69, 9.17) is 27.8 Å². The number of benzene rings is 4. The maximum atomic E-state index is 6.21. The summed E-state index contributed by atoms with van der Waals surface area (Å²) in [6, 6.07) is 22.5. The molecule has 2 aromatic heterocycles. The Balaban J connectivity index is 1.24. The maximum absolute atomic E-state index is 6.21. The first-order chi connectivity index (χ1) is 17.3. The highest BCUT2D eigenvalue weighted by Crippen LogP contribution is 2.40. The summed E-state index contributed by atoms with van der Waals surface area (Å²) in [5, 5.41) is 6.74. The monoisotopic (exact) mass is 470 g/mol. The van der Waals surface area contributed by atoms with Gasteiger partial charge in [-0.25, -0.2) is 0 Å². The lowest BCUT2D eigenvalue weighted by atomic mass is 9.99. The molecule has 0 unspecified atom stereocenters. The van der Waals surface area contributed by atoms with Gasteiger partial charge in [0, 0.05) is 34.7 Å². The molecule has 0 aliphatic heterocycles. The third-order valence-electron chi connectivity index (χ3n) is 6.24. The van der Waals surface area contributed by atoms with Crippen molar-refractivity contribution in [3.63, 3.8) is 0 Å². The summed E-state index contributed by atoms with van der Waals surface area (Å²) in [5.74, 6) is 0.754. The molecule has 0 fully saturated rings. The van der Waals surface area contributed by atoms with Crippen molar-refractivity contribution >= 4 is 54.6 Å². The molecular weight excluding hydrogens is 444 g/mol. The van der Waals surface area contributed by atoms with Gasteiger partial charge in [-0.1, -0.05) is 18.2 Å². The van der Waals surface area contributed by atoms with Gasteiger partial charge in [0.2, 0.25) is 0 Å². The van der Waals surface area contributed by atoms with Gasteiger partial charge in [-0.2, -0.15) is 0 Å². The molecule has 0 N–H and O–H groups in total. The minimum Gasteiger partial charge on any atom is -0.491 e. The largest absolute Gasteiger partial charge is 0.491 e. The molecule has 4 aromatic carbocycles. The lowest BCUT2D eigenvalue weighted by molar-refractivity contribution is 0.0180. The van der Waals surface area contributed by atoms with Crippen LogP contribution in [0.2, 0.25) is 0 Å². The van der Waals surface area contributed by atoms with Gasteiger partial charge in [0.15, 0.2) is 0 Å². The van der Waals surface area contributed by atoms with Crippen LogP contribution in [0.3, 0.4) is 0 Å². The van der Waals surface area contributed by atoms with Gasteiger partial charge in [-0.05, 0) is 53.2 Å². The molecule has 6 rings (SSSR count). The summed E-state index contributed by atoms with van der Waals surface area (Å²) in [6.07, 6.45) is 0. The Morgan fingerprint density at radius 3 is 1.89 bits per heavy atom. The summed E-state index contributed by atoms with van der Waals surface area (Å²) in [4.78, 5) is 0. The van der Waals surface area contributed by atoms with Gasteiger partial charge in [-0.15, -0.1) is 0 Å². The van der Waals surface area contributed by atoms with Crippen LogP contribution in [0, 0.1) is 0 Å². The fourth-order valence-corrected chi connectivity index (χ4v) is 4.66. The lowest BCUT2D eigenvalue weighted by Gasteiger charge is -2.07. The second-order valence-corrected chi connectivity index (χ2v) is 8.40. The van der Waals surface area contributed by atoms with Gasteiger partial charge in [-0.3, -0.25) is 0 Å². The Kier molecular flexibility index (Phi) is 6.00. The summed E-state index contributed by atoms with van der Waals surface area (Å²) in [6.45, 7) is 3.19. The van der Waals surface area contributed by atoms with Gasteiger partial charge >= 0.3 is 0 Å². The highest BCUT2D eigenvalue weighted by Gasteiger charge is 2.15. The number of hydrogen-bond donors (Lipinski definition) is 0. The van der Waals surface area contributed by atoms with Gasteiger partial charge in [0.05, 0.1) is 33.0 Å². The number of fused-ring (bicyclic) bond motifs is 9. The predicted octanol–water partition coefficient (Wildman–Crippen LogP) is 6.70. The number of ether oxygens (including phenoxy) is 4. The highest BCUT2D eigenvalue weighted by atomic mass is 16.6. The van der Waals surface area contributed by atoms with Crippen LogP contribution in [0.4, 0.5) is 0 Å². The molecule has 178 valence electrons. The second kappa shape index (κ2) is 9.58. The third-order valence-corrected chi connectivity index (χ3v) is 6.24. The van der Waals surface area contributed by atoms with Crippen LogP contribution >= 0.6 is 0 Å². The number of hydrogen-bond acceptors (Lipinski definition) is 6. The molecule has 0 radical (unpaired) electrons. The fraction of sp³-hybridized carbons (Fsp3) is 0.241. The fourth-order valence-electron chi connectivity index (χ4n) is 4.66. The molecule has 0 atom stereocenters. The van der Waals surface area contributed by atoms with Crippen LogP contribution in [-0.2, 0) is 14.2 Å². The van der Waals surface area contributed by atoms with Crippen LogP contribution in [0.5, 0.6) is 5.75 Å². The van der Waals surface area contributed by atoms with E-state index in [0.717, 1.165) is 60.4 Å². The van der Waals surface area contributed by atoms with Crippen molar-refractivity contribution < 1.29 is 27.8 Å². The van der Waals surface area contributed by atoms with Crippen molar-refractivity contribution in [3.8, 4) is 5.75 Å². The van der Waals surface area contributed by atoms with Gasteiger partial charge in [0.25, 0.3) is 0 Å². The average molecular weight is 471 g/mol. The Hall–Kier alpha value is -3.58. The SMILES string of the molecule is COCCOCCOCCOc1ccc2c(c1)oc1ccc3c(ccc4oc5ccccc5c43)c12. The summed E-state index contributed by atoms with van der Waals surface area (Å²) in [7, 11) is 1.65. The molecule has 2 heterocycles. The summed E-state index contributed by atoms with van der Waals surface area (Å²) < 4.78 is 34.0. The molecule has 0 bridgehead atoms. The van der Waals surface area contributed by atoms with Crippen molar-refractivity contribution in [1.82, 2.24) is 0 Å². The van der Waals surface area contributed by atoms with E-state index < -0.39 is 0 Å². The van der Waals surface area contributed by atoms with Crippen LogP contribution in [0.25, 0.3) is 54.6 Å². The van der Waals surface area contributed by atoms with Crippen molar-refractivity contribution in [2.45, 2.75) is 0 Å². The highest BCUT2D eigenvalue weighted by molar-refractivity contribution is 6.27. The van der Waals surface area contributed by atoms with E-state index in [1.165, 1.54) is 0 Å². The molecule has 0 saturated heterocycles. The van der Waals surface area contributed by atoms with E-state index in [1.54, 1.807) is 7.11 Å². The van der Waals surface area contributed by atoms with Crippen molar-refractivity contribution in [3.05, 3.63) is 66.7 Å². The maximum Gasteiger partial charge on any atom is 0.139 e. The zero-order valence-corrected chi connectivity index (χ0v) is 19.5. The molecule has 0 saturated carbocycles. The van der Waals surface area contributed by atoms with E-state index in [9.17, 15) is 0 Å². The number of rotatable bonds is 10. The predicted molar refractivity (Wildman–Crippen MR) is 138 cm³/mol. The zero-order chi connectivity index (χ0) is 23.6. The van der Waals surface area contributed by atoms with E-state index in [1.807, 2.05) is 36.4 Å². The first-order valence-electron chi connectivity index (χ1n) is 11.8. The van der Waals surface area contributed by atoms with Gasteiger partial charge < -0.3 is 27.8 Å². The van der Waals surface area contributed by atoms with Crippen LogP contribution in [0.1, 0.15) is 0 Å². The van der Waals surface area contributed by atoms with E-state index in [2.05, 4.69) is 30.3 Å². The molecule has 0 aliphatic carbocycles. The van der Waals surface area contributed by atoms with E-state index >= 15 is 0 Å². The topological polar surface area (TPSA) is 63.2 Å². The smallest absolute Gasteiger partial charge is 0.139 e. The number of furan rings is 2. The minimum absolute atomic E-state index is 0.457. The Morgan fingerprint density at radius 1 is 0.543 bits per heavy atom. The Labute approximate surface area is 201 Å². The average Bonchev–Trinajstić information content (AvgIpc) is 3.45. The molecular formula is C29H26O6. The molecule has 6 nitrogen and oxygen atoms in total. The minimum atomic E-state index is 0.457. The third kappa shape index (κ3) is 4.10. The zero-order valence-electron chi connectivity index (χ0n) is 19.5. The van der Waals surface area contributed by atoms with Crippen molar-refractivity contribution in [2.75, 3.05) is 46.8 Å². The van der Waals surface area contributed by atoms with Crippen molar-refractivity contribution in [2.24, 2.45) is 0 Å². The summed E-state index contributed by atoms with van der Waals surface area (Å²) in [5.41, 5.74) is 3.45. The van der Waals surface area contributed by atoms with Crippen LogP contribution in [-0.4, -0.2) is 46.8 Å². The molecule has 35 heavy (non-hydrogen) atoms. The number of methoxy groups -OCH3 is 1. The van der Waals surface area contributed by atoms with Gasteiger partial charge in [0.1, 0.15) is 34.7 Å². The number of para-hydroxylation sites is 1. The quantitative estimate of drug-likeness (QED) is 0.208. The van der Waals surface area contributed by atoms with E-state index in [0.29, 0.717) is 39.6 Å². The second-order valence-electron chi connectivity index (χ2n) is 8.40. The lowest BCUT2D eigenvalue weighted by Crippen LogP contribution is -2.12. The van der Waals surface area contributed by atoms with Crippen LogP contribution < -0.4 is 4.74 Å². The Morgan fingerprint density at radius 2 is 1.14 bits per heavy atom. The van der Waals surface area contributed by atoms with E-state index in [-0.39, 0.29) is 0 Å². The molecule has 6 aromatic rings. The molecule has 0 aliphatic rings. The standard InChI is InChI=1S/C29H26O6/c1-30-12-13-31-14-15-32-16-17-33-19-6-7-23-27(18-19)35-26-11-9-20-21(29(23)26)8-10-25-28(20)22-4-2-3-5-24(22)34-25/h2-11,18H,12-17H2,1H3. The van der Waals surface area contributed by atoms with Crippen molar-refractivity contribution in [1.29, 1.82) is 0 Å². The first kappa shape index (κ1) is 21.9. The molecule has 6 heteroatoms. The molecule has 0 amide bonds. The normalized spacial score (nSPS) is 12.0. The summed E-state index contributed by atoms with van der Waals surface area (Å²) >= 11 is 0. The Bertz CT molecular complexity index is 1630.